The van der Waals surface area contributed by atoms with Gasteiger partial charge in [-0.2, -0.15) is 0 Å². The first kappa shape index (κ1) is 21.6. The first-order chi connectivity index (χ1) is 11.7. The average molecular weight is 371 g/mol. The van der Waals surface area contributed by atoms with Crippen molar-refractivity contribution in [2.75, 3.05) is 14.2 Å². The van der Waals surface area contributed by atoms with E-state index in [4.69, 9.17) is 0 Å². The Morgan fingerprint density at radius 1 is 1.36 bits per heavy atom. The molecule has 0 bridgehead atoms. The average Bonchev–Trinajstić information content (AvgIpc) is 3.07. The topological polar surface area (TPSA) is 79.7 Å². The molecule has 0 aliphatic rings. The van der Waals surface area contributed by atoms with Gasteiger partial charge in [0, 0.05) is 31.3 Å². The number of methoxy groups -OCH3 is 1. The molecule has 0 spiro atoms. The molecule has 0 saturated heterocycles. The number of nitrogens with zero attached hydrogens (tertiary/aromatic N) is 2. The number of ether oxygens (including phenoxy) is 1. The van der Waals surface area contributed by atoms with E-state index in [0.29, 0.717) is 23.8 Å². The molecule has 25 heavy (non-hydrogen) atoms. The van der Waals surface area contributed by atoms with E-state index in [1.54, 1.807) is 17.3 Å². The zero-order valence-corrected chi connectivity index (χ0v) is 16.8. The van der Waals surface area contributed by atoms with Crippen molar-refractivity contribution in [1.82, 2.24) is 9.88 Å². The lowest BCUT2D eigenvalue weighted by molar-refractivity contribution is -0.134. The van der Waals surface area contributed by atoms with Gasteiger partial charge in [-0.1, -0.05) is 34.1 Å². The fraction of sp³-hybridized carbons (Fsp3) is 0.722. The van der Waals surface area contributed by atoms with E-state index in [1.807, 2.05) is 13.8 Å². The molecule has 6 nitrogen and oxygen atoms in total. The maximum atomic E-state index is 12.5. The molecule has 1 aromatic heterocycles. The van der Waals surface area contributed by atoms with Gasteiger partial charge in [0.25, 0.3) is 0 Å². The second-order valence-electron chi connectivity index (χ2n) is 6.85. The normalized spacial score (nSPS) is 14.9. The monoisotopic (exact) mass is 370 g/mol. The van der Waals surface area contributed by atoms with Crippen LogP contribution in [0.4, 0.5) is 0 Å². The summed E-state index contributed by atoms with van der Waals surface area (Å²) < 4.78 is 4.64. The molecule has 1 aromatic rings. The molecule has 1 heterocycles. The highest BCUT2D eigenvalue weighted by Gasteiger charge is 2.28. The summed E-state index contributed by atoms with van der Waals surface area (Å²) in [5.41, 5.74) is 0.198. The number of carbonyl (C=O) groups is 2. The number of hydrogen-bond donors (Lipinski definition) is 1. The Labute approximate surface area is 154 Å². The van der Waals surface area contributed by atoms with Crippen LogP contribution < -0.4 is 0 Å². The highest BCUT2D eigenvalue weighted by Crippen LogP contribution is 2.27. The van der Waals surface area contributed by atoms with E-state index in [2.05, 4.69) is 23.6 Å². The molecule has 0 fully saturated rings. The first-order valence-electron chi connectivity index (χ1n) is 8.68. The second kappa shape index (κ2) is 9.87. The predicted octanol–water partition coefficient (Wildman–Crippen LogP) is 3.27. The van der Waals surface area contributed by atoms with Crippen LogP contribution in [0.1, 0.15) is 68.6 Å². The fourth-order valence-electron chi connectivity index (χ4n) is 2.62. The predicted molar refractivity (Wildman–Crippen MR) is 98.5 cm³/mol. The molecule has 2 unspecified atom stereocenters. The molecule has 3 atom stereocenters. The molecular weight excluding hydrogens is 340 g/mol. The van der Waals surface area contributed by atoms with Crippen molar-refractivity contribution in [3.05, 3.63) is 16.1 Å². The largest absolute Gasteiger partial charge is 0.464 e. The first-order valence-corrected chi connectivity index (χ1v) is 9.56. The third kappa shape index (κ3) is 6.08. The molecule has 1 N–H and O–H groups in total. The minimum absolute atomic E-state index is 0.0923. The second-order valence-corrected chi connectivity index (χ2v) is 7.74. The number of hydrogen-bond acceptors (Lipinski definition) is 6. The van der Waals surface area contributed by atoms with E-state index in [-0.39, 0.29) is 23.6 Å². The van der Waals surface area contributed by atoms with E-state index in [1.165, 1.54) is 18.4 Å². The number of esters is 1. The lowest BCUT2D eigenvalue weighted by Gasteiger charge is -2.33. The van der Waals surface area contributed by atoms with Gasteiger partial charge >= 0.3 is 5.97 Å². The van der Waals surface area contributed by atoms with Crippen molar-refractivity contribution in [3.8, 4) is 0 Å². The molecule has 1 rings (SSSR count). The fourth-order valence-corrected chi connectivity index (χ4v) is 3.40. The third-order valence-corrected chi connectivity index (χ3v) is 5.49. The maximum absolute atomic E-state index is 12.5. The molecule has 0 aliphatic heterocycles. The summed E-state index contributed by atoms with van der Waals surface area (Å²) in [4.78, 5) is 29.9. The van der Waals surface area contributed by atoms with Gasteiger partial charge in [-0.15, -0.1) is 11.3 Å². The lowest BCUT2D eigenvalue weighted by Crippen LogP contribution is -2.41. The lowest BCUT2D eigenvalue weighted by atomic mass is 9.95. The third-order valence-electron chi connectivity index (χ3n) is 4.55. The molecule has 0 radical (unpaired) electrons. The molecule has 142 valence electrons. The highest BCUT2D eigenvalue weighted by atomic mass is 32.1. The van der Waals surface area contributed by atoms with Crippen LogP contribution in [0.2, 0.25) is 0 Å². The van der Waals surface area contributed by atoms with Crippen LogP contribution in [0, 0.1) is 11.8 Å². The van der Waals surface area contributed by atoms with E-state index < -0.39 is 12.1 Å². The van der Waals surface area contributed by atoms with Crippen molar-refractivity contribution >= 4 is 23.2 Å². The van der Waals surface area contributed by atoms with Gasteiger partial charge in [-0.25, -0.2) is 9.78 Å². The number of thiazole rings is 1. The van der Waals surface area contributed by atoms with Gasteiger partial charge in [-0.05, 0) is 11.8 Å². The van der Waals surface area contributed by atoms with Gasteiger partial charge in [-0.3, -0.25) is 4.79 Å². The Morgan fingerprint density at radius 2 is 2.00 bits per heavy atom. The van der Waals surface area contributed by atoms with Crippen molar-refractivity contribution < 1.29 is 19.4 Å². The smallest absolute Gasteiger partial charge is 0.357 e. The number of amides is 1. The number of aliphatic hydroxyl groups is 1. The standard InChI is InChI=1S/C18H30N2O4S/c1-7-12(4)8-16(22)20(5)14(11(2)3)9-15(21)17-19-13(10-25-17)18(23)24-6/h10-12,14-15,21H,7-9H2,1-6H3/t12-,14?,15?/m0/s1. The van der Waals surface area contributed by atoms with Crippen molar-refractivity contribution in [2.24, 2.45) is 11.8 Å². The van der Waals surface area contributed by atoms with Crippen LogP contribution in [0.3, 0.4) is 0 Å². The summed E-state index contributed by atoms with van der Waals surface area (Å²) in [6.07, 6.45) is 1.03. The van der Waals surface area contributed by atoms with Crippen LogP contribution in [0.15, 0.2) is 5.38 Å². The summed E-state index contributed by atoms with van der Waals surface area (Å²) in [5.74, 6) is 0.112. The van der Waals surface area contributed by atoms with Crippen LogP contribution in [0.5, 0.6) is 0 Å². The Bertz CT molecular complexity index is 573. The summed E-state index contributed by atoms with van der Waals surface area (Å²) in [5, 5.41) is 12.6. The number of aromatic nitrogens is 1. The number of rotatable bonds is 9. The molecular formula is C18H30N2O4S. The molecule has 0 aliphatic carbocycles. The van der Waals surface area contributed by atoms with E-state index in [0.717, 1.165) is 6.42 Å². The van der Waals surface area contributed by atoms with Crippen molar-refractivity contribution in [2.45, 2.75) is 59.1 Å². The Balaban J connectivity index is 2.81. The van der Waals surface area contributed by atoms with Crippen LogP contribution in [-0.2, 0) is 9.53 Å². The summed E-state index contributed by atoms with van der Waals surface area (Å²) in [6, 6.07) is -0.1000. The minimum atomic E-state index is -0.824. The summed E-state index contributed by atoms with van der Waals surface area (Å²) in [7, 11) is 3.09. The molecule has 1 amide bonds. The minimum Gasteiger partial charge on any atom is -0.464 e. The van der Waals surface area contributed by atoms with E-state index >= 15 is 0 Å². The van der Waals surface area contributed by atoms with Crippen molar-refractivity contribution in [3.63, 3.8) is 0 Å². The Morgan fingerprint density at radius 3 is 2.52 bits per heavy atom. The molecule has 7 heteroatoms. The highest BCUT2D eigenvalue weighted by molar-refractivity contribution is 7.09. The van der Waals surface area contributed by atoms with Crippen LogP contribution in [-0.4, -0.2) is 47.1 Å². The van der Waals surface area contributed by atoms with Crippen LogP contribution in [0.25, 0.3) is 0 Å². The van der Waals surface area contributed by atoms with Gasteiger partial charge in [0.2, 0.25) is 5.91 Å². The maximum Gasteiger partial charge on any atom is 0.357 e. The SMILES string of the molecule is CC[C@H](C)CC(=O)N(C)C(CC(O)c1nc(C(=O)OC)cs1)C(C)C. The molecule has 0 saturated carbocycles. The van der Waals surface area contributed by atoms with Gasteiger partial charge < -0.3 is 14.7 Å². The van der Waals surface area contributed by atoms with Gasteiger partial charge in [0.05, 0.1) is 7.11 Å². The zero-order chi connectivity index (χ0) is 19.1. The Hall–Kier alpha value is -1.47. The summed E-state index contributed by atoms with van der Waals surface area (Å²) >= 11 is 1.22. The van der Waals surface area contributed by atoms with Gasteiger partial charge in [0.15, 0.2) is 5.69 Å². The Kier molecular flexibility index (Phi) is 8.52. The molecule has 0 aromatic carbocycles. The van der Waals surface area contributed by atoms with Crippen LogP contribution >= 0.6 is 11.3 Å². The number of aliphatic hydroxyl groups excluding tert-OH is 1. The quantitative estimate of drug-likeness (QED) is 0.675. The van der Waals surface area contributed by atoms with Gasteiger partial charge in [0.1, 0.15) is 11.1 Å². The zero-order valence-electron chi connectivity index (χ0n) is 16.0. The van der Waals surface area contributed by atoms with Crippen molar-refractivity contribution in [1.29, 1.82) is 0 Å². The summed E-state index contributed by atoms with van der Waals surface area (Å²) in [6.45, 7) is 8.20. The van der Waals surface area contributed by atoms with E-state index in [9.17, 15) is 14.7 Å². The number of carbonyl (C=O) groups excluding carboxylic acids is 2.